The highest BCUT2D eigenvalue weighted by Crippen LogP contribution is 2.57. The van der Waals surface area contributed by atoms with Crippen LogP contribution in [0.3, 0.4) is 0 Å². The largest absolute Gasteiger partial charge is 0.454 e. The molecule has 15 aromatic rings. The quantitative estimate of drug-likeness (QED) is 0.141. The summed E-state index contributed by atoms with van der Waals surface area (Å²) in [6, 6.07) is 120. The molecular weight excluding hydrogens is 1160 g/mol. The van der Waals surface area contributed by atoms with E-state index in [1.165, 1.54) is 55.9 Å². The average Bonchev–Trinajstić information content (AvgIpc) is 1.03. The van der Waals surface area contributed by atoms with Crippen LogP contribution in [0.5, 0.6) is 0 Å². The number of furan rings is 1. The van der Waals surface area contributed by atoms with E-state index in [9.17, 15) is 0 Å². The Bertz CT molecular complexity index is 5420. The van der Waals surface area contributed by atoms with Crippen molar-refractivity contribution < 1.29 is 4.42 Å². The van der Waals surface area contributed by atoms with Crippen LogP contribution >= 0.6 is 0 Å². The summed E-state index contributed by atoms with van der Waals surface area (Å²) >= 11 is 0. The molecule has 5 heterocycles. The minimum Gasteiger partial charge on any atom is -0.454 e. The van der Waals surface area contributed by atoms with Crippen molar-refractivity contribution in [2.45, 2.75) is 38.5 Å². The van der Waals surface area contributed by atoms with Gasteiger partial charge in [-0.15, -0.1) is 0 Å². The van der Waals surface area contributed by atoms with Gasteiger partial charge in [0.1, 0.15) is 5.58 Å². The van der Waals surface area contributed by atoms with Crippen molar-refractivity contribution in [2.24, 2.45) is 0 Å². The number of nitrogens with zero attached hydrogens (tertiary/aromatic N) is 4. The van der Waals surface area contributed by atoms with E-state index < -0.39 is 0 Å². The zero-order valence-electron chi connectivity index (χ0n) is 53.9. The molecule has 5 nitrogen and oxygen atoms in total. The fraction of sp³-hybridized carbons (Fsp3) is 0.0667. The van der Waals surface area contributed by atoms with Gasteiger partial charge in [0.05, 0.1) is 39.8 Å². The van der Waals surface area contributed by atoms with Crippen molar-refractivity contribution in [2.75, 3.05) is 19.6 Å². The van der Waals surface area contributed by atoms with Gasteiger partial charge in [0.2, 0.25) is 0 Å². The van der Waals surface area contributed by atoms with Crippen molar-refractivity contribution in [3.8, 4) is 44.5 Å². The fourth-order valence-electron chi connectivity index (χ4n) is 16.7. The Balaban J connectivity index is 0.969. The number of rotatable bonds is 8. The first-order valence-electron chi connectivity index (χ1n) is 33.5. The van der Waals surface area contributed by atoms with E-state index in [1.807, 2.05) is 0 Å². The Morgan fingerprint density at radius 3 is 1.10 bits per heavy atom. The van der Waals surface area contributed by atoms with Crippen LogP contribution < -0.4 is 36.0 Å². The van der Waals surface area contributed by atoms with Crippen LogP contribution in [0.2, 0.25) is 0 Å². The topological polar surface area (TPSA) is 26.1 Å². The molecule has 0 saturated heterocycles. The van der Waals surface area contributed by atoms with Crippen LogP contribution in [0.4, 0.5) is 68.2 Å². The number of para-hydroxylation sites is 5. The minimum atomic E-state index is -0.337. The third kappa shape index (κ3) is 8.31. The first-order chi connectivity index (χ1) is 47.2. The van der Waals surface area contributed by atoms with Crippen LogP contribution in [-0.2, 0) is 10.8 Å². The number of fused-ring (bicyclic) bond motifs is 12. The van der Waals surface area contributed by atoms with Gasteiger partial charge in [0, 0.05) is 61.2 Å². The van der Waals surface area contributed by atoms with Crippen LogP contribution in [0.1, 0.15) is 49.9 Å². The van der Waals surface area contributed by atoms with Gasteiger partial charge in [0.25, 0.3) is 6.71 Å². The predicted octanol–water partition coefficient (Wildman–Crippen LogP) is 22.6. The summed E-state index contributed by atoms with van der Waals surface area (Å²) in [5.41, 5.74) is 32.3. The minimum absolute atomic E-state index is 0.249. The summed E-state index contributed by atoms with van der Waals surface area (Å²) in [6.45, 7) is 9.16. The van der Waals surface area contributed by atoms with E-state index in [-0.39, 0.29) is 17.5 Å². The molecule has 0 spiro atoms. The van der Waals surface area contributed by atoms with Crippen molar-refractivity contribution in [1.82, 2.24) is 0 Å². The molecule has 0 amide bonds. The number of benzene rings is 14. The summed E-state index contributed by atoms with van der Waals surface area (Å²) < 4.78 is 7.57. The van der Waals surface area contributed by atoms with Crippen LogP contribution in [0.25, 0.3) is 66.4 Å². The predicted molar refractivity (Wildman–Crippen MR) is 403 cm³/mol. The molecule has 0 unspecified atom stereocenters. The molecule has 0 saturated carbocycles. The Morgan fingerprint density at radius 1 is 0.271 bits per heavy atom. The smallest absolute Gasteiger partial charge is 0.252 e. The summed E-state index contributed by atoms with van der Waals surface area (Å²) in [5.74, 6) is 0. The van der Waals surface area contributed by atoms with Crippen LogP contribution in [0, 0.1) is 0 Å². The molecule has 6 heteroatoms. The zero-order chi connectivity index (χ0) is 64.0. The van der Waals surface area contributed by atoms with E-state index in [1.54, 1.807) is 0 Å². The Hall–Kier alpha value is -11.9. The van der Waals surface area contributed by atoms with E-state index in [0.717, 1.165) is 117 Å². The Kier molecular flexibility index (Phi) is 12.4. The Morgan fingerprint density at radius 2 is 0.646 bits per heavy atom. The second-order valence-electron chi connectivity index (χ2n) is 27.1. The molecule has 0 fully saturated rings. The molecule has 19 rings (SSSR count). The monoisotopic (exact) mass is 1230 g/mol. The van der Waals surface area contributed by atoms with E-state index >= 15 is 0 Å². The lowest BCUT2D eigenvalue weighted by molar-refractivity contribution is 0.632. The molecule has 0 aliphatic carbocycles. The zero-order valence-corrected chi connectivity index (χ0v) is 53.9. The van der Waals surface area contributed by atoms with Gasteiger partial charge in [-0.1, -0.05) is 252 Å². The van der Waals surface area contributed by atoms with Gasteiger partial charge >= 0.3 is 0 Å². The van der Waals surface area contributed by atoms with Gasteiger partial charge in [-0.3, -0.25) is 0 Å². The van der Waals surface area contributed by atoms with E-state index in [4.69, 9.17) is 4.42 Å². The van der Waals surface area contributed by atoms with Gasteiger partial charge in [-0.25, -0.2) is 0 Å². The molecule has 0 radical (unpaired) electrons. The van der Waals surface area contributed by atoms with Gasteiger partial charge in [-0.05, 0) is 169 Å². The van der Waals surface area contributed by atoms with Gasteiger partial charge in [0.15, 0.2) is 5.58 Å². The molecular formula is C90H65BN4O. The lowest BCUT2D eigenvalue weighted by Gasteiger charge is -2.46. The summed E-state index contributed by atoms with van der Waals surface area (Å²) in [6.07, 6.45) is 0. The molecule has 1 aromatic heterocycles. The highest BCUT2D eigenvalue weighted by molar-refractivity contribution is 7.00. The molecule has 96 heavy (non-hydrogen) atoms. The maximum atomic E-state index is 7.57. The van der Waals surface area contributed by atoms with Crippen molar-refractivity contribution in [1.29, 1.82) is 0 Å². The molecule has 4 aliphatic heterocycles. The first-order valence-corrected chi connectivity index (χ1v) is 33.5. The maximum Gasteiger partial charge on any atom is 0.252 e. The second kappa shape index (κ2) is 21.3. The van der Waals surface area contributed by atoms with E-state index in [0.29, 0.717) is 0 Å². The molecule has 14 aromatic carbocycles. The van der Waals surface area contributed by atoms with E-state index in [2.05, 4.69) is 369 Å². The molecule has 0 atom stereocenters. The number of hydrogen-bond acceptors (Lipinski definition) is 5. The third-order valence-corrected chi connectivity index (χ3v) is 21.2. The van der Waals surface area contributed by atoms with Crippen molar-refractivity contribution in [3.05, 3.63) is 344 Å². The van der Waals surface area contributed by atoms with Gasteiger partial charge in [-0.2, -0.15) is 0 Å². The standard InChI is InChI=1S/C90H65BN4O/c1-89(2)70-36-18-22-40-78(70)92(79-41-23-19-37-71(79)89)64-47-51-82-74(55-64)91-75-56-65(93-80-42-24-20-38-72(80)90(3,4)73-39-21-25-43-81(73)93)48-52-83(75)95(77-50-46-63(59-29-11-6-12-30-59)54-68(77)61-33-15-8-16-34-61)87-86(91)84(57-69-66-35-17-26-44-85(66)96-88(69)87)94(82)76-49-45-62(58-27-9-5-10-28-58)53-67(76)60-31-13-7-14-32-60/h5-57H,1-4H3. The Labute approximate surface area is 560 Å². The van der Waals surface area contributed by atoms with Crippen LogP contribution in [-0.4, -0.2) is 6.71 Å². The number of hydrogen-bond donors (Lipinski definition) is 0. The van der Waals surface area contributed by atoms with Crippen molar-refractivity contribution >= 4 is 113 Å². The first kappa shape index (κ1) is 55.8. The highest BCUT2D eigenvalue weighted by atomic mass is 16.3. The molecule has 0 N–H and O–H groups in total. The maximum absolute atomic E-state index is 7.57. The van der Waals surface area contributed by atoms with Gasteiger partial charge < -0.3 is 24.0 Å². The number of anilines is 12. The SMILES string of the molecule is CC1(C)c2ccccc2N(c2ccc3c(c2)B2c4cc(N5c6ccccc6C(C)(C)c6ccccc65)ccc4N(c4ccc(-c5ccccc5)cc4-c4ccccc4)c4c2c(cc2c4oc4ccccc42)N3c2ccc(-c3ccccc3)cc2-c2ccccc2)c2ccccc21. The highest BCUT2D eigenvalue weighted by Gasteiger charge is 2.48. The lowest BCUT2D eigenvalue weighted by Crippen LogP contribution is -2.61. The molecule has 0 bridgehead atoms. The molecule has 454 valence electrons. The summed E-state index contributed by atoms with van der Waals surface area (Å²) in [5, 5.41) is 2.11. The third-order valence-electron chi connectivity index (χ3n) is 21.2. The normalized spacial score (nSPS) is 14.3. The van der Waals surface area contributed by atoms with Crippen LogP contribution in [0.15, 0.2) is 326 Å². The second-order valence-corrected chi connectivity index (χ2v) is 27.1. The molecule has 4 aliphatic rings. The summed E-state index contributed by atoms with van der Waals surface area (Å²) in [7, 11) is 0. The lowest BCUT2D eigenvalue weighted by atomic mass is 9.33. The van der Waals surface area contributed by atoms with Crippen molar-refractivity contribution in [3.63, 3.8) is 0 Å². The summed E-state index contributed by atoms with van der Waals surface area (Å²) in [4.78, 5) is 10.2. The fourth-order valence-corrected chi connectivity index (χ4v) is 16.7. The average molecular weight is 1230 g/mol.